The number of allylic oxidation sites excluding steroid dienone is 1. The first-order valence-corrected chi connectivity index (χ1v) is 5.04. The Hall–Kier alpha value is -0.790. The number of para-hydroxylation sites is 1. The highest BCUT2D eigenvalue weighted by atomic mass is 35.5. The van der Waals surface area contributed by atoms with Gasteiger partial charge in [-0.2, -0.15) is 0 Å². The first-order chi connectivity index (χ1) is 6.52. The van der Waals surface area contributed by atoms with Crippen LogP contribution in [0.1, 0.15) is 13.8 Å². The summed E-state index contributed by atoms with van der Waals surface area (Å²) in [6, 6.07) is 10.6. The zero-order valence-corrected chi connectivity index (χ0v) is 10.8. The number of hydrogen-bond acceptors (Lipinski definition) is 0. The third kappa shape index (κ3) is 4.50. The van der Waals surface area contributed by atoms with Crippen molar-refractivity contribution in [2.45, 2.75) is 13.8 Å². The molecular formula is C13H20ClN. The second kappa shape index (κ2) is 5.94. The van der Waals surface area contributed by atoms with Crippen LogP contribution in [0.5, 0.6) is 0 Å². The van der Waals surface area contributed by atoms with Gasteiger partial charge in [0.15, 0.2) is 0 Å². The van der Waals surface area contributed by atoms with Gasteiger partial charge in [-0.3, -0.25) is 4.48 Å². The lowest BCUT2D eigenvalue weighted by atomic mass is 10.2. The van der Waals surface area contributed by atoms with Crippen LogP contribution in [-0.2, 0) is 0 Å². The molecule has 0 bridgehead atoms. The average Bonchev–Trinajstić information content (AvgIpc) is 2.16. The van der Waals surface area contributed by atoms with Crippen LogP contribution in [0, 0.1) is 0 Å². The fraction of sp³-hybridized carbons (Fsp3) is 0.385. The number of likely N-dealkylation sites (N-methyl/N-ethyl adjacent to an activating group) is 1. The zero-order valence-electron chi connectivity index (χ0n) is 10.00. The minimum atomic E-state index is 0. The van der Waals surface area contributed by atoms with E-state index < -0.39 is 0 Å². The molecule has 0 heterocycles. The Bertz CT molecular complexity index is 311. The molecular weight excluding hydrogens is 206 g/mol. The van der Waals surface area contributed by atoms with Crippen LogP contribution in [0.25, 0.3) is 0 Å². The SMILES string of the molecule is CC(C)=CC[N+](C)(C)c1ccccc1.[Cl-]. The molecule has 0 saturated carbocycles. The average molecular weight is 226 g/mol. The lowest BCUT2D eigenvalue weighted by molar-refractivity contribution is -0.00000323. The van der Waals surface area contributed by atoms with Gasteiger partial charge in [-0.15, -0.1) is 0 Å². The largest absolute Gasteiger partial charge is 1.00 e. The van der Waals surface area contributed by atoms with Gasteiger partial charge < -0.3 is 12.4 Å². The van der Waals surface area contributed by atoms with E-state index in [1.54, 1.807) is 0 Å². The summed E-state index contributed by atoms with van der Waals surface area (Å²) in [6.45, 7) is 5.34. The lowest BCUT2D eigenvalue weighted by Gasteiger charge is -2.28. The molecule has 2 heteroatoms. The fourth-order valence-electron chi connectivity index (χ4n) is 1.35. The fourth-order valence-corrected chi connectivity index (χ4v) is 1.35. The highest BCUT2D eigenvalue weighted by molar-refractivity contribution is 5.41. The van der Waals surface area contributed by atoms with E-state index in [0.717, 1.165) is 11.0 Å². The molecule has 15 heavy (non-hydrogen) atoms. The van der Waals surface area contributed by atoms with E-state index in [2.05, 4.69) is 64.4 Å². The molecule has 1 aromatic rings. The summed E-state index contributed by atoms with van der Waals surface area (Å²) < 4.78 is 0.909. The van der Waals surface area contributed by atoms with Gasteiger partial charge in [0, 0.05) is 0 Å². The van der Waals surface area contributed by atoms with Crippen LogP contribution >= 0.6 is 0 Å². The molecule has 1 nitrogen and oxygen atoms in total. The Labute approximate surface area is 99.4 Å². The molecule has 0 saturated heterocycles. The topological polar surface area (TPSA) is 0 Å². The van der Waals surface area contributed by atoms with E-state index in [-0.39, 0.29) is 12.4 Å². The minimum absolute atomic E-state index is 0. The van der Waals surface area contributed by atoms with Crippen molar-refractivity contribution < 1.29 is 12.4 Å². The third-order valence-electron chi connectivity index (χ3n) is 2.41. The second-order valence-electron chi connectivity index (χ2n) is 4.48. The van der Waals surface area contributed by atoms with Crippen molar-refractivity contribution >= 4 is 5.69 Å². The molecule has 0 aliphatic carbocycles. The summed E-state index contributed by atoms with van der Waals surface area (Å²) in [5.74, 6) is 0. The van der Waals surface area contributed by atoms with Gasteiger partial charge in [0.2, 0.25) is 0 Å². The van der Waals surface area contributed by atoms with Crippen molar-refractivity contribution in [3.63, 3.8) is 0 Å². The van der Waals surface area contributed by atoms with Crippen LogP contribution < -0.4 is 16.9 Å². The Kier molecular flexibility index (Phi) is 5.63. The summed E-state index contributed by atoms with van der Waals surface area (Å²) >= 11 is 0. The van der Waals surface area contributed by atoms with Gasteiger partial charge in [-0.05, 0) is 32.1 Å². The second-order valence-corrected chi connectivity index (χ2v) is 4.48. The van der Waals surface area contributed by atoms with Crippen LogP contribution in [0.4, 0.5) is 5.69 Å². The molecule has 1 rings (SSSR count). The van der Waals surface area contributed by atoms with E-state index in [1.165, 1.54) is 11.3 Å². The predicted molar refractivity (Wildman–Crippen MR) is 64.4 cm³/mol. The first-order valence-electron chi connectivity index (χ1n) is 5.04. The Morgan fingerprint density at radius 1 is 1.13 bits per heavy atom. The molecule has 84 valence electrons. The predicted octanol–water partition coefficient (Wildman–Crippen LogP) is 0.224. The summed E-state index contributed by atoms with van der Waals surface area (Å²) in [7, 11) is 4.46. The number of hydrogen-bond donors (Lipinski definition) is 0. The molecule has 0 fully saturated rings. The van der Waals surface area contributed by atoms with E-state index in [4.69, 9.17) is 0 Å². The lowest BCUT2D eigenvalue weighted by Crippen LogP contribution is -3.00. The van der Waals surface area contributed by atoms with E-state index >= 15 is 0 Å². The standard InChI is InChI=1S/C13H20N.ClH/c1-12(2)10-11-14(3,4)13-8-6-5-7-9-13;/h5-10H,11H2,1-4H3;1H/q+1;/p-1. The molecule has 0 aliphatic rings. The molecule has 0 amide bonds. The molecule has 0 radical (unpaired) electrons. The highest BCUT2D eigenvalue weighted by Crippen LogP contribution is 2.17. The number of nitrogens with zero attached hydrogens (tertiary/aromatic N) is 1. The third-order valence-corrected chi connectivity index (χ3v) is 2.41. The molecule has 0 aliphatic heterocycles. The van der Waals surface area contributed by atoms with E-state index in [9.17, 15) is 0 Å². The molecule has 1 aromatic carbocycles. The quantitative estimate of drug-likeness (QED) is 0.510. The van der Waals surface area contributed by atoms with Crippen molar-refractivity contribution in [1.82, 2.24) is 4.48 Å². The summed E-state index contributed by atoms with van der Waals surface area (Å²) in [5.41, 5.74) is 2.73. The number of benzene rings is 1. The van der Waals surface area contributed by atoms with Crippen LogP contribution in [-0.4, -0.2) is 20.6 Å². The first kappa shape index (κ1) is 14.2. The van der Waals surface area contributed by atoms with Crippen LogP contribution in [0.3, 0.4) is 0 Å². The Morgan fingerprint density at radius 2 is 1.67 bits per heavy atom. The van der Waals surface area contributed by atoms with Gasteiger partial charge in [0.05, 0.1) is 14.1 Å². The Balaban J connectivity index is 0.00000196. The van der Waals surface area contributed by atoms with Gasteiger partial charge in [-0.25, -0.2) is 0 Å². The normalized spacial score (nSPS) is 10.4. The zero-order chi connectivity index (χ0) is 10.6. The smallest absolute Gasteiger partial charge is 0.132 e. The van der Waals surface area contributed by atoms with Crippen molar-refractivity contribution in [2.75, 3.05) is 20.6 Å². The molecule has 0 atom stereocenters. The van der Waals surface area contributed by atoms with Gasteiger partial charge >= 0.3 is 0 Å². The van der Waals surface area contributed by atoms with Gasteiger partial charge in [-0.1, -0.05) is 23.8 Å². The maximum Gasteiger partial charge on any atom is 0.132 e. The molecule has 0 unspecified atom stereocenters. The van der Waals surface area contributed by atoms with Crippen molar-refractivity contribution in [2.24, 2.45) is 0 Å². The van der Waals surface area contributed by atoms with Gasteiger partial charge in [0.1, 0.15) is 12.2 Å². The molecule has 0 aromatic heterocycles. The number of halogens is 1. The Morgan fingerprint density at radius 3 is 2.13 bits per heavy atom. The summed E-state index contributed by atoms with van der Waals surface area (Å²) in [4.78, 5) is 0. The van der Waals surface area contributed by atoms with Crippen molar-refractivity contribution in [3.8, 4) is 0 Å². The maximum absolute atomic E-state index is 2.28. The molecule has 0 spiro atoms. The van der Waals surface area contributed by atoms with Crippen molar-refractivity contribution in [1.29, 1.82) is 0 Å². The minimum Gasteiger partial charge on any atom is -1.00 e. The van der Waals surface area contributed by atoms with Crippen LogP contribution in [0.2, 0.25) is 0 Å². The van der Waals surface area contributed by atoms with E-state index in [1.807, 2.05) is 0 Å². The van der Waals surface area contributed by atoms with Crippen LogP contribution in [0.15, 0.2) is 42.0 Å². The maximum atomic E-state index is 2.28. The summed E-state index contributed by atoms with van der Waals surface area (Å²) in [6.07, 6.45) is 2.28. The highest BCUT2D eigenvalue weighted by Gasteiger charge is 2.15. The summed E-state index contributed by atoms with van der Waals surface area (Å²) in [5, 5.41) is 0. The number of quaternary nitrogens is 1. The van der Waals surface area contributed by atoms with E-state index in [0.29, 0.717) is 0 Å². The van der Waals surface area contributed by atoms with Gasteiger partial charge in [0.25, 0.3) is 0 Å². The monoisotopic (exact) mass is 225 g/mol. The van der Waals surface area contributed by atoms with Crippen molar-refractivity contribution in [3.05, 3.63) is 42.0 Å². The number of rotatable bonds is 3. The molecule has 0 N–H and O–H groups in total.